The first kappa shape index (κ1) is 41.2. The Kier molecular flexibility index (Phi) is 11.7. The third-order valence-corrected chi connectivity index (χ3v) is 12.8. The van der Waals surface area contributed by atoms with Gasteiger partial charge in [-0.1, -0.05) is 176 Å². The van der Waals surface area contributed by atoms with Gasteiger partial charge in [-0.25, -0.2) is 4.68 Å². The molecule has 3 heterocycles. The van der Waals surface area contributed by atoms with Crippen LogP contribution < -0.4 is 0 Å². The largest absolute Gasteiger partial charge is 0.256 e. The Morgan fingerprint density at radius 2 is 0.836 bits per heavy atom. The number of nitrogens with zero attached hydrogens (tertiary/aromatic N) is 4. The van der Waals surface area contributed by atoms with E-state index >= 15 is 0 Å². The van der Waals surface area contributed by atoms with E-state index in [1.807, 2.05) is 41.5 Å². The minimum absolute atomic E-state index is 0.920. The molecular formula is C63H48N4. The molecule has 3 aromatic heterocycles. The van der Waals surface area contributed by atoms with Crippen LogP contribution in [0.2, 0.25) is 0 Å². The van der Waals surface area contributed by atoms with Crippen LogP contribution in [0.5, 0.6) is 0 Å². The molecule has 0 aliphatic carbocycles. The van der Waals surface area contributed by atoms with Gasteiger partial charge in [-0.2, -0.15) is 5.10 Å². The van der Waals surface area contributed by atoms with Crippen molar-refractivity contribution in [3.8, 4) is 72.7 Å². The van der Waals surface area contributed by atoms with Crippen molar-refractivity contribution in [2.75, 3.05) is 0 Å². The first-order valence-electron chi connectivity index (χ1n) is 23.1. The highest BCUT2D eigenvalue weighted by atomic mass is 15.3. The Bertz CT molecular complexity index is 3410. The zero-order valence-electron chi connectivity index (χ0n) is 37.2. The van der Waals surface area contributed by atoms with Gasteiger partial charge in [0.15, 0.2) is 0 Å². The van der Waals surface area contributed by atoms with Crippen molar-refractivity contribution >= 4 is 10.9 Å². The Morgan fingerprint density at radius 1 is 0.313 bits per heavy atom. The van der Waals surface area contributed by atoms with Gasteiger partial charge in [0.1, 0.15) is 0 Å². The normalized spacial score (nSPS) is 11.2. The average molecular weight is 861 g/mol. The van der Waals surface area contributed by atoms with E-state index in [2.05, 4.69) is 216 Å². The third-order valence-electron chi connectivity index (χ3n) is 12.8. The standard InChI is InChI=1S/C63H48N4/c1-2-12-49(13-3-1)50-30-32-51(33-31-50)60-43-53(62-18-9-11-39-65-62)34-37-59(60)58-16-6-5-15-57(58)55-41-47(22-20-45-24-28-52(29-25-45)61-17-8-10-38-64-61)40-48(42-55)23-21-46-26-35-56(36-27-46)67-63-19-7-4-14-54(63)44-66-67/h1-19,24-44H,20-23H2. The van der Waals surface area contributed by atoms with E-state index < -0.39 is 0 Å². The van der Waals surface area contributed by atoms with Gasteiger partial charge in [0.25, 0.3) is 0 Å². The molecule has 0 bridgehead atoms. The Hall–Kier alpha value is -8.47. The smallest absolute Gasteiger partial charge is 0.0741 e. The second kappa shape index (κ2) is 18.9. The molecule has 320 valence electrons. The van der Waals surface area contributed by atoms with Crippen LogP contribution in [0.25, 0.3) is 83.6 Å². The zero-order valence-corrected chi connectivity index (χ0v) is 37.2. The second-order valence-corrected chi connectivity index (χ2v) is 17.2. The van der Waals surface area contributed by atoms with E-state index in [0.29, 0.717) is 0 Å². The Balaban J connectivity index is 0.947. The number of aromatic nitrogens is 4. The number of fused-ring (bicyclic) bond motifs is 1. The topological polar surface area (TPSA) is 43.6 Å². The van der Waals surface area contributed by atoms with Crippen molar-refractivity contribution in [2.24, 2.45) is 0 Å². The molecule has 0 spiro atoms. The fraction of sp³-hybridized carbons (Fsp3) is 0.0635. The zero-order chi connectivity index (χ0) is 44.8. The number of para-hydroxylation sites is 1. The first-order chi connectivity index (χ1) is 33.2. The number of hydrogen-bond donors (Lipinski definition) is 0. The van der Waals surface area contributed by atoms with Crippen LogP contribution in [-0.4, -0.2) is 19.7 Å². The van der Waals surface area contributed by atoms with Crippen molar-refractivity contribution in [3.63, 3.8) is 0 Å². The number of pyridine rings is 2. The molecule has 0 N–H and O–H groups in total. The van der Waals surface area contributed by atoms with Crippen LogP contribution in [0.3, 0.4) is 0 Å². The molecule has 0 radical (unpaired) electrons. The maximum Gasteiger partial charge on any atom is 0.0741 e. The van der Waals surface area contributed by atoms with Crippen molar-refractivity contribution in [2.45, 2.75) is 25.7 Å². The minimum atomic E-state index is 0.920. The van der Waals surface area contributed by atoms with Crippen LogP contribution in [-0.2, 0) is 25.7 Å². The number of rotatable bonds is 13. The second-order valence-electron chi connectivity index (χ2n) is 17.2. The lowest BCUT2D eigenvalue weighted by molar-refractivity contribution is 0.903. The summed E-state index contributed by atoms with van der Waals surface area (Å²) in [5.41, 5.74) is 21.2. The Morgan fingerprint density at radius 3 is 1.52 bits per heavy atom. The van der Waals surface area contributed by atoms with Gasteiger partial charge in [0.05, 0.1) is 28.8 Å². The summed E-state index contributed by atoms with van der Waals surface area (Å²) in [6.07, 6.45) is 9.37. The van der Waals surface area contributed by atoms with Crippen LogP contribution in [0.4, 0.5) is 0 Å². The molecule has 11 rings (SSSR count). The molecule has 11 aromatic rings. The van der Waals surface area contributed by atoms with E-state index in [-0.39, 0.29) is 0 Å². The van der Waals surface area contributed by atoms with E-state index in [0.717, 1.165) is 70.4 Å². The van der Waals surface area contributed by atoms with Gasteiger partial charge >= 0.3 is 0 Å². The fourth-order valence-corrected chi connectivity index (χ4v) is 9.29. The predicted molar refractivity (Wildman–Crippen MR) is 277 cm³/mol. The highest BCUT2D eigenvalue weighted by Crippen LogP contribution is 2.41. The SMILES string of the molecule is c1ccc(-c2ccc(-c3cc(-c4ccccn4)ccc3-c3ccccc3-c3cc(CCc4ccc(-c5ccccn5)cc4)cc(CCc4ccc(-n5ncc6ccccc65)cc4)c3)cc2)cc1. The van der Waals surface area contributed by atoms with Crippen LogP contribution in [0, 0.1) is 0 Å². The molecule has 4 heteroatoms. The molecule has 0 atom stereocenters. The minimum Gasteiger partial charge on any atom is -0.256 e. The molecule has 0 saturated carbocycles. The van der Waals surface area contributed by atoms with E-state index in [1.54, 1.807) is 0 Å². The van der Waals surface area contributed by atoms with Crippen molar-refractivity contribution in [1.82, 2.24) is 19.7 Å². The summed E-state index contributed by atoms with van der Waals surface area (Å²) in [6, 6.07) is 80.9. The lowest BCUT2D eigenvalue weighted by Gasteiger charge is -2.18. The van der Waals surface area contributed by atoms with Crippen LogP contribution in [0.15, 0.2) is 243 Å². The monoisotopic (exact) mass is 860 g/mol. The predicted octanol–water partition coefficient (Wildman–Crippen LogP) is 15.4. The van der Waals surface area contributed by atoms with Crippen LogP contribution >= 0.6 is 0 Å². The molecule has 4 nitrogen and oxygen atoms in total. The number of hydrogen-bond acceptors (Lipinski definition) is 3. The summed E-state index contributed by atoms with van der Waals surface area (Å²) in [5, 5.41) is 5.83. The van der Waals surface area contributed by atoms with Crippen LogP contribution in [0.1, 0.15) is 22.3 Å². The summed E-state index contributed by atoms with van der Waals surface area (Å²) in [4.78, 5) is 9.31. The highest BCUT2D eigenvalue weighted by Gasteiger charge is 2.16. The van der Waals surface area contributed by atoms with Crippen molar-refractivity contribution in [3.05, 3.63) is 265 Å². The van der Waals surface area contributed by atoms with Gasteiger partial charge in [0, 0.05) is 28.9 Å². The van der Waals surface area contributed by atoms with Crippen molar-refractivity contribution < 1.29 is 0 Å². The Labute approximate surface area is 392 Å². The summed E-state index contributed by atoms with van der Waals surface area (Å²) in [6.45, 7) is 0. The lowest BCUT2D eigenvalue weighted by atomic mass is 9.86. The third kappa shape index (κ3) is 9.11. The molecule has 0 amide bonds. The maximum atomic E-state index is 4.74. The number of aryl methyl sites for hydroxylation is 4. The molecule has 0 aliphatic heterocycles. The van der Waals surface area contributed by atoms with Gasteiger partial charge in [-0.3, -0.25) is 9.97 Å². The summed E-state index contributed by atoms with van der Waals surface area (Å²) >= 11 is 0. The molecule has 8 aromatic carbocycles. The van der Waals surface area contributed by atoms with Crippen molar-refractivity contribution in [1.29, 1.82) is 0 Å². The van der Waals surface area contributed by atoms with Gasteiger partial charge in [0.2, 0.25) is 0 Å². The van der Waals surface area contributed by atoms with E-state index in [9.17, 15) is 0 Å². The molecule has 67 heavy (non-hydrogen) atoms. The van der Waals surface area contributed by atoms with Gasteiger partial charge in [-0.15, -0.1) is 0 Å². The molecular weight excluding hydrogens is 813 g/mol. The quantitative estimate of drug-likeness (QED) is 0.116. The molecule has 0 saturated heterocycles. The van der Waals surface area contributed by atoms with Gasteiger partial charge in [-0.05, 0) is 141 Å². The van der Waals surface area contributed by atoms with Gasteiger partial charge < -0.3 is 0 Å². The maximum absolute atomic E-state index is 4.74. The summed E-state index contributed by atoms with van der Waals surface area (Å²) in [7, 11) is 0. The first-order valence-corrected chi connectivity index (χ1v) is 23.1. The molecule has 0 fully saturated rings. The van der Waals surface area contributed by atoms with E-state index in [1.165, 1.54) is 61.2 Å². The molecule has 0 aliphatic rings. The highest BCUT2D eigenvalue weighted by molar-refractivity contribution is 5.94. The number of benzene rings is 8. The molecule has 0 unspecified atom stereocenters. The summed E-state index contributed by atoms with van der Waals surface area (Å²) < 4.78 is 2.02. The van der Waals surface area contributed by atoms with E-state index in [4.69, 9.17) is 4.98 Å². The summed E-state index contributed by atoms with van der Waals surface area (Å²) in [5.74, 6) is 0. The fourth-order valence-electron chi connectivity index (χ4n) is 9.29. The average Bonchev–Trinajstić information content (AvgIpc) is 3.85. The lowest BCUT2D eigenvalue weighted by Crippen LogP contribution is -1.99.